The Balaban J connectivity index is 1.04. The molecule has 10 nitrogen and oxygen atoms in total. The van der Waals surface area contributed by atoms with Crippen LogP contribution in [0.15, 0.2) is 89.8 Å². The highest BCUT2D eigenvalue weighted by Crippen LogP contribution is 2.57. The lowest BCUT2D eigenvalue weighted by Crippen LogP contribution is -2.52. The molecule has 4 aromatic carbocycles. The van der Waals surface area contributed by atoms with Gasteiger partial charge in [-0.05, 0) is 54.7 Å². The number of benzene rings is 4. The summed E-state index contributed by atoms with van der Waals surface area (Å²) in [6.07, 6.45) is -1.88. The maximum atomic E-state index is 14.3. The molecule has 7 unspecified atom stereocenters. The lowest BCUT2D eigenvalue weighted by atomic mass is 9.59. The first-order valence-corrected chi connectivity index (χ1v) is 18.0. The molecule has 4 bridgehead atoms. The summed E-state index contributed by atoms with van der Waals surface area (Å²) in [6.45, 7) is 3.77. The second kappa shape index (κ2) is 10.7. The number of hydrogen-bond acceptors (Lipinski definition) is 9. The lowest BCUT2D eigenvalue weighted by Gasteiger charge is -2.45. The number of amides is 1. The van der Waals surface area contributed by atoms with E-state index in [0.717, 1.165) is 17.2 Å². The second-order valence-electron chi connectivity index (χ2n) is 14.0. The number of hydrogen-bond donors (Lipinski definition) is 0. The zero-order valence-corrected chi connectivity index (χ0v) is 27.4. The van der Waals surface area contributed by atoms with Gasteiger partial charge in [0, 0.05) is 28.7 Å². The predicted octanol–water partition coefficient (Wildman–Crippen LogP) is 4.49. The molecule has 0 N–H and O–H groups in total. The molecule has 0 spiro atoms. The summed E-state index contributed by atoms with van der Waals surface area (Å²) in [6, 6.07) is 24.3. The summed E-state index contributed by atoms with van der Waals surface area (Å²) in [4.78, 5) is 43.5. The van der Waals surface area contributed by atoms with Gasteiger partial charge in [-0.3, -0.25) is 14.4 Å². The summed E-state index contributed by atoms with van der Waals surface area (Å²) in [7, 11) is -4.80. The van der Waals surface area contributed by atoms with Crippen LogP contribution in [-0.2, 0) is 34.0 Å². The summed E-state index contributed by atoms with van der Waals surface area (Å²) in [5, 5.41) is 0.374. The SMILES string of the molecule is CC(C)N1C(=O)C2C3OC(C(OC(=O)C4CC5c6ccccc6C4c4ccccc45)C31)C2C(=O)Oc1ccc(S(=O)(=O)[O-])c2ccccc12. The molecule has 10 rings (SSSR count). The summed E-state index contributed by atoms with van der Waals surface area (Å²) < 4.78 is 54.4. The highest BCUT2D eigenvalue weighted by atomic mass is 32.2. The maximum Gasteiger partial charge on any atom is 0.318 e. The van der Waals surface area contributed by atoms with Gasteiger partial charge in [-0.2, -0.15) is 0 Å². The second-order valence-corrected chi connectivity index (χ2v) is 15.3. The molecule has 0 saturated carbocycles. The number of carbonyl (C=O) groups is 3. The minimum Gasteiger partial charge on any atom is -0.744 e. The zero-order valence-electron chi connectivity index (χ0n) is 26.6. The third-order valence-corrected chi connectivity index (χ3v) is 12.2. The van der Waals surface area contributed by atoms with Crippen LogP contribution in [0.4, 0.5) is 0 Å². The Bertz CT molecular complexity index is 2150. The normalized spacial score (nSPS) is 30.5. The minimum atomic E-state index is -4.80. The molecular weight excluding hydrogens is 646 g/mol. The van der Waals surface area contributed by atoms with Crippen LogP contribution in [0.3, 0.4) is 0 Å². The molecule has 49 heavy (non-hydrogen) atoms. The molecule has 11 heteroatoms. The van der Waals surface area contributed by atoms with Crippen LogP contribution >= 0.6 is 0 Å². The van der Waals surface area contributed by atoms with Crippen LogP contribution in [0.1, 0.15) is 54.4 Å². The highest BCUT2D eigenvalue weighted by Gasteiger charge is 2.73. The van der Waals surface area contributed by atoms with Crippen molar-refractivity contribution >= 4 is 38.7 Å². The van der Waals surface area contributed by atoms with Gasteiger partial charge in [0.05, 0.1) is 28.9 Å². The van der Waals surface area contributed by atoms with E-state index in [1.165, 1.54) is 23.3 Å². The van der Waals surface area contributed by atoms with Crippen molar-refractivity contribution in [3.8, 4) is 5.75 Å². The molecule has 250 valence electrons. The lowest BCUT2D eigenvalue weighted by molar-refractivity contribution is -0.164. The van der Waals surface area contributed by atoms with E-state index < -0.39 is 63.1 Å². The molecule has 1 amide bonds. The Hall–Kier alpha value is -4.58. The molecule has 3 aliphatic heterocycles. The van der Waals surface area contributed by atoms with Gasteiger partial charge in [-0.25, -0.2) is 8.42 Å². The average molecular weight is 679 g/mol. The topological polar surface area (TPSA) is 139 Å². The Morgan fingerprint density at radius 2 is 1.45 bits per heavy atom. The summed E-state index contributed by atoms with van der Waals surface area (Å²) in [5.41, 5.74) is 4.69. The number of likely N-dealkylation sites (tertiary alicyclic amines) is 1. The monoisotopic (exact) mass is 678 g/mol. The Kier molecular flexibility index (Phi) is 6.66. The van der Waals surface area contributed by atoms with Gasteiger partial charge in [0.15, 0.2) is 6.10 Å². The van der Waals surface area contributed by atoms with Gasteiger partial charge in [-0.1, -0.05) is 72.8 Å². The predicted molar refractivity (Wildman–Crippen MR) is 174 cm³/mol. The molecule has 0 aromatic heterocycles. The van der Waals surface area contributed by atoms with Crippen LogP contribution < -0.4 is 4.74 Å². The largest absolute Gasteiger partial charge is 0.744 e. The van der Waals surface area contributed by atoms with E-state index in [9.17, 15) is 27.4 Å². The van der Waals surface area contributed by atoms with Crippen LogP contribution in [0, 0.1) is 17.8 Å². The van der Waals surface area contributed by atoms with Crippen molar-refractivity contribution in [1.82, 2.24) is 4.90 Å². The van der Waals surface area contributed by atoms with E-state index in [1.54, 1.807) is 23.1 Å². The molecule has 3 fully saturated rings. The number of fused-ring (bicyclic) bond motifs is 3. The average Bonchev–Trinajstić information content (AvgIpc) is 3.71. The zero-order chi connectivity index (χ0) is 33.9. The molecule has 6 aliphatic rings. The van der Waals surface area contributed by atoms with Crippen molar-refractivity contribution in [3.05, 3.63) is 107 Å². The summed E-state index contributed by atoms with van der Waals surface area (Å²) in [5.74, 6) is -3.83. The van der Waals surface area contributed by atoms with E-state index in [1.807, 2.05) is 38.1 Å². The van der Waals surface area contributed by atoms with E-state index in [-0.39, 0.29) is 46.3 Å². The van der Waals surface area contributed by atoms with Gasteiger partial charge >= 0.3 is 11.9 Å². The molecule has 3 aliphatic carbocycles. The van der Waals surface area contributed by atoms with Gasteiger partial charge < -0.3 is 23.7 Å². The van der Waals surface area contributed by atoms with E-state index in [4.69, 9.17) is 14.2 Å². The van der Waals surface area contributed by atoms with Crippen molar-refractivity contribution < 1.29 is 41.6 Å². The van der Waals surface area contributed by atoms with Crippen LogP contribution in [0.25, 0.3) is 10.8 Å². The van der Waals surface area contributed by atoms with Crippen LogP contribution in [-0.4, -0.2) is 66.1 Å². The smallest absolute Gasteiger partial charge is 0.318 e. The Morgan fingerprint density at radius 1 is 0.837 bits per heavy atom. The number of nitrogens with zero attached hydrogens (tertiary/aromatic N) is 1. The quantitative estimate of drug-likeness (QED) is 0.164. The third-order valence-electron chi connectivity index (χ3n) is 11.3. The molecule has 7 atom stereocenters. The van der Waals surface area contributed by atoms with Gasteiger partial charge in [0.25, 0.3) is 0 Å². The van der Waals surface area contributed by atoms with Crippen LogP contribution in [0.5, 0.6) is 5.75 Å². The third kappa shape index (κ3) is 4.31. The Morgan fingerprint density at radius 3 is 2.08 bits per heavy atom. The first-order chi connectivity index (χ1) is 23.5. The Labute approximate surface area is 282 Å². The van der Waals surface area contributed by atoms with Gasteiger partial charge in [0.1, 0.15) is 27.9 Å². The first-order valence-electron chi connectivity index (χ1n) is 16.6. The molecular formula is C38H32NO9S-. The van der Waals surface area contributed by atoms with Gasteiger partial charge in [-0.15, -0.1) is 0 Å². The molecule has 0 radical (unpaired) electrons. The highest BCUT2D eigenvalue weighted by molar-refractivity contribution is 7.86. The fraction of sp³-hybridized carbons (Fsp3) is 0.342. The minimum absolute atomic E-state index is 0.0441. The van der Waals surface area contributed by atoms with E-state index in [0.29, 0.717) is 6.42 Å². The van der Waals surface area contributed by atoms with Crippen molar-refractivity contribution in [3.63, 3.8) is 0 Å². The van der Waals surface area contributed by atoms with E-state index >= 15 is 0 Å². The van der Waals surface area contributed by atoms with Crippen molar-refractivity contribution in [2.24, 2.45) is 17.8 Å². The standard InChI is InChI=1S/C38H33NO9S/c1-18(2)39-32-33-30(36(39)40)31(38(42)46-27-15-16-28(49(43,44)45)22-12-6-5-11-21(22)27)34(47-33)35(32)48-37(41)26-17-25-19-9-3-7-13-23(19)29(26)24-14-8-4-10-20(24)25/h3-16,18,25-26,29-35H,17H2,1-2H3,(H,43,44,45)/p-1. The van der Waals surface area contributed by atoms with E-state index in [2.05, 4.69) is 24.3 Å². The molecule has 3 saturated heterocycles. The van der Waals surface area contributed by atoms with Gasteiger partial charge in [0.2, 0.25) is 5.91 Å². The van der Waals surface area contributed by atoms with Crippen molar-refractivity contribution in [2.75, 3.05) is 0 Å². The number of esters is 2. The fourth-order valence-electron chi connectivity index (χ4n) is 9.48. The molecule has 4 aromatic rings. The maximum absolute atomic E-state index is 14.3. The number of ether oxygens (including phenoxy) is 3. The molecule has 3 heterocycles. The number of carbonyl (C=O) groups excluding carboxylic acids is 3. The van der Waals surface area contributed by atoms with Crippen LogP contribution in [0.2, 0.25) is 0 Å². The fourth-order valence-corrected chi connectivity index (χ4v) is 10.2. The van der Waals surface area contributed by atoms with Crippen molar-refractivity contribution in [1.29, 1.82) is 0 Å². The van der Waals surface area contributed by atoms with Crippen molar-refractivity contribution in [2.45, 2.75) is 67.4 Å². The number of rotatable bonds is 6. The summed E-state index contributed by atoms with van der Waals surface area (Å²) >= 11 is 0. The first kappa shape index (κ1) is 30.5.